The molecule has 0 aliphatic carbocycles. The fraction of sp³-hybridized carbons (Fsp3) is 0. The molecular formula is C20H7F5N4. The van der Waals surface area contributed by atoms with Crippen LogP contribution in [0, 0.1) is 0 Å². The van der Waals surface area contributed by atoms with Crippen molar-refractivity contribution in [2.24, 2.45) is 20.0 Å². The van der Waals surface area contributed by atoms with E-state index < -0.39 is 52.0 Å². The lowest BCUT2D eigenvalue weighted by Crippen LogP contribution is -2.00. The number of rotatable bonds is 0. The first-order valence-corrected chi connectivity index (χ1v) is 8.29. The maximum Gasteiger partial charge on any atom is 0.189 e. The molecule has 0 aromatic rings. The molecule has 0 saturated carbocycles. The van der Waals surface area contributed by atoms with E-state index in [2.05, 4.69) is 20.0 Å². The molecule has 0 aromatic carbocycles. The van der Waals surface area contributed by atoms with E-state index in [1.54, 1.807) is 18.2 Å². The van der Waals surface area contributed by atoms with Gasteiger partial charge in [-0.15, -0.1) is 0 Å². The number of halogens is 5. The van der Waals surface area contributed by atoms with Crippen molar-refractivity contribution in [3.8, 4) is 0 Å². The standard InChI is InChI=1S/C20H7F5N4/c21-14-12-6-10-3-1-8(26-10)5-9-2-4-11(27-9)7-13-15(22)17(24)20(29-13)18(25)19(28-12)16(14)23/h1-7H. The van der Waals surface area contributed by atoms with E-state index in [9.17, 15) is 22.0 Å². The first kappa shape index (κ1) is 17.4. The smallest absolute Gasteiger partial charge is 0.189 e. The van der Waals surface area contributed by atoms with Crippen molar-refractivity contribution in [2.75, 3.05) is 0 Å². The molecule has 0 aromatic heterocycles. The van der Waals surface area contributed by atoms with E-state index in [0.29, 0.717) is 11.4 Å². The Bertz CT molecular complexity index is 1270. The Morgan fingerprint density at radius 1 is 0.517 bits per heavy atom. The average molecular weight is 398 g/mol. The molecule has 0 fully saturated rings. The number of hydrogen-bond donors (Lipinski definition) is 0. The largest absolute Gasteiger partial charge is 0.249 e. The number of fused-ring (bicyclic) bond motifs is 4. The minimum absolute atomic E-state index is 0.246. The van der Waals surface area contributed by atoms with Crippen molar-refractivity contribution < 1.29 is 22.0 Å². The molecule has 0 amide bonds. The third-order valence-corrected chi connectivity index (χ3v) is 4.36. The Kier molecular flexibility index (Phi) is 3.67. The summed E-state index contributed by atoms with van der Waals surface area (Å²) in [5, 5.41) is 0. The topological polar surface area (TPSA) is 49.4 Å². The summed E-state index contributed by atoms with van der Waals surface area (Å²) in [5.41, 5.74) is -1.82. The van der Waals surface area contributed by atoms with Gasteiger partial charge in [0.05, 0.1) is 22.8 Å². The van der Waals surface area contributed by atoms with Gasteiger partial charge in [0.25, 0.3) is 0 Å². The van der Waals surface area contributed by atoms with Crippen LogP contribution in [0.5, 0.6) is 0 Å². The van der Waals surface area contributed by atoms with Gasteiger partial charge in [0, 0.05) is 0 Å². The summed E-state index contributed by atoms with van der Waals surface area (Å²) in [5.74, 6) is -7.76. The Morgan fingerprint density at radius 3 is 1.90 bits per heavy atom. The van der Waals surface area contributed by atoms with Crippen molar-refractivity contribution in [2.45, 2.75) is 0 Å². The van der Waals surface area contributed by atoms with E-state index in [4.69, 9.17) is 0 Å². The highest BCUT2D eigenvalue weighted by atomic mass is 19.2. The van der Waals surface area contributed by atoms with Gasteiger partial charge in [0.1, 0.15) is 22.8 Å². The first-order chi connectivity index (χ1) is 13.9. The fourth-order valence-corrected chi connectivity index (χ4v) is 3.01. The van der Waals surface area contributed by atoms with Crippen LogP contribution in [0.1, 0.15) is 0 Å². The summed E-state index contributed by atoms with van der Waals surface area (Å²) in [7, 11) is 0. The van der Waals surface area contributed by atoms with Gasteiger partial charge in [-0.3, -0.25) is 0 Å². The predicted molar refractivity (Wildman–Crippen MR) is 98.9 cm³/mol. The van der Waals surface area contributed by atoms with Crippen LogP contribution in [0.15, 0.2) is 114 Å². The second kappa shape index (κ2) is 6.13. The van der Waals surface area contributed by atoms with Crippen LogP contribution in [-0.2, 0) is 0 Å². The van der Waals surface area contributed by atoms with Gasteiger partial charge in [-0.25, -0.2) is 41.9 Å². The molecule has 29 heavy (non-hydrogen) atoms. The van der Waals surface area contributed by atoms with E-state index in [-0.39, 0.29) is 11.4 Å². The van der Waals surface area contributed by atoms with Crippen molar-refractivity contribution in [3.05, 3.63) is 94.5 Å². The van der Waals surface area contributed by atoms with Gasteiger partial charge in [0.15, 0.2) is 29.1 Å². The average Bonchev–Trinajstić information content (AvgIpc) is 3.44. The van der Waals surface area contributed by atoms with Crippen LogP contribution < -0.4 is 0 Å². The van der Waals surface area contributed by atoms with Gasteiger partial charge >= 0.3 is 0 Å². The zero-order chi connectivity index (χ0) is 20.3. The highest BCUT2D eigenvalue weighted by Gasteiger charge is 2.34. The zero-order valence-electron chi connectivity index (χ0n) is 14.2. The third kappa shape index (κ3) is 2.74. The van der Waals surface area contributed by atoms with Gasteiger partial charge < -0.3 is 0 Å². The van der Waals surface area contributed by atoms with Crippen molar-refractivity contribution in [1.82, 2.24) is 0 Å². The lowest BCUT2D eigenvalue weighted by Gasteiger charge is -1.98. The van der Waals surface area contributed by atoms with Crippen LogP contribution >= 0.6 is 0 Å². The summed E-state index contributed by atoms with van der Waals surface area (Å²) in [6, 6.07) is 0. The molecule has 5 rings (SSSR count). The maximum atomic E-state index is 14.7. The maximum absolute atomic E-state index is 14.7. The number of allylic oxidation sites excluding steroid dienone is 12. The Labute approximate surface area is 160 Å². The van der Waals surface area contributed by atoms with Gasteiger partial charge in [0.2, 0.25) is 0 Å². The molecule has 0 spiro atoms. The molecule has 0 N–H and O–H groups in total. The van der Waals surface area contributed by atoms with Crippen molar-refractivity contribution in [3.63, 3.8) is 0 Å². The van der Waals surface area contributed by atoms with Crippen molar-refractivity contribution >= 4 is 22.8 Å². The Hall–Kier alpha value is -3.75. The molecule has 8 bridgehead atoms. The van der Waals surface area contributed by atoms with Gasteiger partial charge in [-0.05, 0) is 42.5 Å². The molecule has 142 valence electrons. The molecule has 4 nitrogen and oxygen atoms in total. The van der Waals surface area contributed by atoms with E-state index in [1.807, 2.05) is 0 Å². The summed E-state index contributed by atoms with van der Waals surface area (Å²) >= 11 is 0. The third-order valence-electron chi connectivity index (χ3n) is 4.36. The SMILES string of the molecule is FC1=C(F)C2=NC1=CC1=NC(=CC3=NC(=CC4=NC(=C2F)C(F)=C4F)C=C3)C=C1. The van der Waals surface area contributed by atoms with Crippen LogP contribution in [0.25, 0.3) is 0 Å². The number of nitrogens with zero attached hydrogens (tertiary/aromatic N) is 4. The summed E-state index contributed by atoms with van der Waals surface area (Å²) in [4.78, 5) is 15.5. The summed E-state index contributed by atoms with van der Waals surface area (Å²) < 4.78 is 71.6. The normalized spacial score (nSPS) is 22.7. The minimum Gasteiger partial charge on any atom is -0.249 e. The molecule has 0 unspecified atom stereocenters. The predicted octanol–water partition coefficient (Wildman–Crippen LogP) is 5.06. The van der Waals surface area contributed by atoms with Crippen LogP contribution in [0.3, 0.4) is 0 Å². The van der Waals surface area contributed by atoms with Crippen LogP contribution in [0.4, 0.5) is 22.0 Å². The molecule has 9 heteroatoms. The quantitative estimate of drug-likeness (QED) is 0.512. The highest BCUT2D eigenvalue weighted by Crippen LogP contribution is 2.37. The lowest BCUT2D eigenvalue weighted by atomic mass is 10.2. The van der Waals surface area contributed by atoms with Crippen LogP contribution in [0.2, 0.25) is 0 Å². The van der Waals surface area contributed by atoms with Crippen molar-refractivity contribution in [1.29, 1.82) is 0 Å². The number of hydrogen-bond acceptors (Lipinski definition) is 4. The summed E-state index contributed by atoms with van der Waals surface area (Å²) in [6.45, 7) is 0. The molecule has 5 heterocycles. The van der Waals surface area contributed by atoms with E-state index >= 15 is 0 Å². The monoisotopic (exact) mass is 398 g/mol. The highest BCUT2D eigenvalue weighted by molar-refractivity contribution is 6.18. The second-order valence-electron chi connectivity index (χ2n) is 6.28. The molecule has 0 atom stereocenters. The fourth-order valence-electron chi connectivity index (χ4n) is 3.01. The van der Waals surface area contributed by atoms with E-state index in [1.165, 1.54) is 12.2 Å². The first-order valence-electron chi connectivity index (χ1n) is 8.29. The number of aliphatic imine (C=N–C) groups is 4. The van der Waals surface area contributed by atoms with Crippen LogP contribution in [-0.4, -0.2) is 22.8 Å². The van der Waals surface area contributed by atoms with Gasteiger partial charge in [-0.1, -0.05) is 0 Å². The van der Waals surface area contributed by atoms with Gasteiger partial charge in [-0.2, -0.15) is 0 Å². The minimum atomic E-state index is -1.63. The molecule has 0 saturated heterocycles. The molecule has 0 radical (unpaired) electrons. The molecule has 5 aliphatic rings. The van der Waals surface area contributed by atoms with E-state index in [0.717, 1.165) is 12.2 Å². The second-order valence-corrected chi connectivity index (χ2v) is 6.28. The summed E-state index contributed by atoms with van der Waals surface area (Å²) in [6.07, 6.45) is 10.1. The zero-order valence-corrected chi connectivity index (χ0v) is 14.2. The molecular weight excluding hydrogens is 391 g/mol. The lowest BCUT2D eigenvalue weighted by molar-refractivity contribution is 0.564. The Morgan fingerprint density at radius 2 is 1.17 bits per heavy atom. The Balaban J connectivity index is 1.76. The molecule has 5 aliphatic heterocycles.